The molecule has 2 fully saturated rings. The van der Waals surface area contributed by atoms with E-state index < -0.39 is 0 Å². The van der Waals surface area contributed by atoms with Gasteiger partial charge in [0, 0.05) is 6.54 Å². The molecule has 2 rings (SSSR count). The van der Waals surface area contributed by atoms with Crippen molar-refractivity contribution in [2.75, 3.05) is 19.6 Å². The van der Waals surface area contributed by atoms with Crippen LogP contribution in [0.15, 0.2) is 0 Å². The van der Waals surface area contributed by atoms with Crippen molar-refractivity contribution in [3.05, 3.63) is 0 Å². The topological polar surface area (TPSA) is 23.5 Å². The Bertz CT molecular complexity index is 171. The van der Waals surface area contributed by atoms with Gasteiger partial charge in [0.15, 0.2) is 0 Å². The molecule has 14 heavy (non-hydrogen) atoms. The van der Waals surface area contributed by atoms with E-state index in [1.165, 1.54) is 45.2 Å². The summed E-state index contributed by atoms with van der Waals surface area (Å²) in [6, 6.07) is 0. The van der Waals surface area contributed by atoms with E-state index in [2.05, 4.69) is 11.8 Å². The van der Waals surface area contributed by atoms with Crippen molar-refractivity contribution in [2.45, 2.75) is 45.1 Å². The summed E-state index contributed by atoms with van der Waals surface area (Å²) in [5.41, 5.74) is 0. The number of likely N-dealkylation sites (tertiary alicyclic amines) is 1. The monoisotopic (exact) mass is 197 g/mol. The SMILES string of the molecule is CCC1CCN(CC(O)C2CC2)CC1. The second-order valence-electron chi connectivity index (χ2n) is 5.06. The molecule has 2 aliphatic rings. The summed E-state index contributed by atoms with van der Waals surface area (Å²) in [6.45, 7) is 5.64. The van der Waals surface area contributed by atoms with Crippen LogP contribution in [0.3, 0.4) is 0 Å². The lowest BCUT2D eigenvalue weighted by molar-refractivity contribution is 0.0753. The predicted molar refractivity (Wildman–Crippen MR) is 58.2 cm³/mol. The highest BCUT2D eigenvalue weighted by Gasteiger charge is 2.31. The summed E-state index contributed by atoms with van der Waals surface area (Å²) < 4.78 is 0. The molecule has 1 unspecified atom stereocenters. The first kappa shape index (κ1) is 10.4. The Morgan fingerprint density at radius 2 is 1.86 bits per heavy atom. The number of aliphatic hydroxyl groups is 1. The minimum atomic E-state index is -0.0341. The van der Waals surface area contributed by atoms with Gasteiger partial charge in [0.25, 0.3) is 0 Å². The molecule has 1 aliphatic heterocycles. The minimum absolute atomic E-state index is 0.0341. The van der Waals surface area contributed by atoms with Crippen molar-refractivity contribution in [2.24, 2.45) is 11.8 Å². The molecule has 1 atom stereocenters. The van der Waals surface area contributed by atoms with E-state index in [-0.39, 0.29) is 6.10 Å². The molecule has 0 spiro atoms. The molecule has 0 amide bonds. The van der Waals surface area contributed by atoms with Gasteiger partial charge in [0.05, 0.1) is 6.10 Å². The molecule has 82 valence electrons. The van der Waals surface area contributed by atoms with E-state index in [1.54, 1.807) is 0 Å². The maximum atomic E-state index is 9.82. The predicted octanol–water partition coefficient (Wildman–Crippen LogP) is 1.88. The molecule has 0 aromatic heterocycles. The third-order valence-corrected chi connectivity index (χ3v) is 3.90. The molecule has 1 saturated carbocycles. The Kier molecular flexibility index (Phi) is 3.45. The number of β-amino-alcohol motifs (C(OH)–C–C–N with tert-alkyl or cyclic N) is 1. The Hall–Kier alpha value is -0.0800. The highest BCUT2D eigenvalue weighted by Crippen LogP contribution is 2.33. The Morgan fingerprint density at radius 3 is 2.36 bits per heavy atom. The minimum Gasteiger partial charge on any atom is -0.392 e. The van der Waals surface area contributed by atoms with Gasteiger partial charge in [-0.05, 0) is 50.6 Å². The molecular weight excluding hydrogens is 174 g/mol. The number of piperidine rings is 1. The number of rotatable bonds is 4. The van der Waals surface area contributed by atoms with Gasteiger partial charge < -0.3 is 10.0 Å². The lowest BCUT2D eigenvalue weighted by atomic mass is 9.94. The molecule has 1 saturated heterocycles. The van der Waals surface area contributed by atoms with Crippen molar-refractivity contribution < 1.29 is 5.11 Å². The highest BCUT2D eigenvalue weighted by molar-refractivity contribution is 4.84. The molecule has 1 N–H and O–H groups in total. The van der Waals surface area contributed by atoms with Gasteiger partial charge in [-0.15, -0.1) is 0 Å². The summed E-state index contributed by atoms with van der Waals surface area (Å²) in [5, 5.41) is 9.82. The van der Waals surface area contributed by atoms with E-state index in [9.17, 15) is 5.11 Å². The van der Waals surface area contributed by atoms with E-state index in [0.29, 0.717) is 5.92 Å². The van der Waals surface area contributed by atoms with E-state index >= 15 is 0 Å². The second-order valence-corrected chi connectivity index (χ2v) is 5.06. The van der Waals surface area contributed by atoms with Gasteiger partial charge in [0.1, 0.15) is 0 Å². The molecule has 1 aliphatic carbocycles. The number of hydrogen-bond acceptors (Lipinski definition) is 2. The quantitative estimate of drug-likeness (QED) is 0.744. The van der Waals surface area contributed by atoms with Crippen LogP contribution in [0.4, 0.5) is 0 Å². The zero-order chi connectivity index (χ0) is 9.97. The largest absolute Gasteiger partial charge is 0.392 e. The van der Waals surface area contributed by atoms with Gasteiger partial charge in [0.2, 0.25) is 0 Å². The molecule has 0 radical (unpaired) electrons. The number of aliphatic hydroxyl groups excluding tert-OH is 1. The van der Waals surface area contributed by atoms with Crippen LogP contribution in [0.5, 0.6) is 0 Å². The first-order valence-corrected chi connectivity index (χ1v) is 6.20. The van der Waals surface area contributed by atoms with Gasteiger partial charge >= 0.3 is 0 Å². The molecule has 0 aromatic carbocycles. The van der Waals surface area contributed by atoms with Crippen LogP contribution in [-0.4, -0.2) is 35.7 Å². The van der Waals surface area contributed by atoms with Crippen LogP contribution in [0.2, 0.25) is 0 Å². The fraction of sp³-hybridized carbons (Fsp3) is 1.00. The fourth-order valence-electron chi connectivity index (χ4n) is 2.47. The van der Waals surface area contributed by atoms with Gasteiger partial charge in [-0.3, -0.25) is 0 Å². The third kappa shape index (κ3) is 2.71. The first-order chi connectivity index (χ1) is 6.79. The van der Waals surface area contributed by atoms with Crippen molar-refractivity contribution in [1.82, 2.24) is 4.90 Å². The van der Waals surface area contributed by atoms with E-state index in [4.69, 9.17) is 0 Å². The molecule has 2 heteroatoms. The third-order valence-electron chi connectivity index (χ3n) is 3.90. The second kappa shape index (κ2) is 4.63. The van der Waals surface area contributed by atoms with E-state index in [1.807, 2.05) is 0 Å². The Labute approximate surface area is 87.3 Å². The maximum Gasteiger partial charge on any atom is 0.0695 e. The average Bonchev–Trinajstić information content (AvgIpc) is 3.02. The van der Waals surface area contributed by atoms with Crippen molar-refractivity contribution in [3.63, 3.8) is 0 Å². The Balaban J connectivity index is 1.67. The van der Waals surface area contributed by atoms with Gasteiger partial charge in [-0.2, -0.15) is 0 Å². The molecule has 0 aromatic rings. The summed E-state index contributed by atoms with van der Waals surface area (Å²) in [7, 11) is 0. The van der Waals surface area contributed by atoms with Crippen molar-refractivity contribution in [1.29, 1.82) is 0 Å². The normalized spacial score (nSPS) is 27.9. The summed E-state index contributed by atoms with van der Waals surface area (Å²) >= 11 is 0. The zero-order valence-corrected chi connectivity index (χ0v) is 9.28. The lowest BCUT2D eigenvalue weighted by Crippen LogP contribution is -2.39. The fourth-order valence-corrected chi connectivity index (χ4v) is 2.47. The molecule has 0 bridgehead atoms. The van der Waals surface area contributed by atoms with Crippen LogP contribution < -0.4 is 0 Å². The van der Waals surface area contributed by atoms with Crippen LogP contribution in [0, 0.1) is 11.8 Å². The van der Waals surface area contributed by atoms with Crippen LogP contribution in [-0.2, 0) is 0 Å². The first-order valence-electron chi connectivity index (χ1n) is 6.20. The smallest absolute Gasteiger partial charge is 0.0695 e. The molecule has 2 nitrogen and oxygen atoms in total. The molecular formula is C12H23NO. The standard InChI is InChI=1S/C12H23NO/c1-2-10-5-7-13(8-6-10)9-12(14)11-3-4-11/h10-12,14H,2-9H2,1H3. The summed E-state index contributed by atoms with van der Waals surface area (Å²) in [4.78, 5) is 2.45. The summed E-state index contributed by atoms with van der Waals surface area (Å²) in [5.74, 6) is 1.59. The average molecular weight is 197 g/mol. The van der Waals surface area contributed by atoms with Gasteiger partial charge in [-0.1, -0.05) is 13.3 Å². The van der Waals surface area contributed by atoms with Crippen LogP contribution in [0.1, 0.15) is 39.0 Å². The van der Waals surface area contributed by atoms with E-state index in [0.717, 1.165) is 12.5 Å². The molecule has 1 heterocycles. The van der Waals surface area contributed by atoms with Crippen LogP contribution >= 0.6 is 0 Å². The Morgan fingerprint density at radius 1 is 1.21 bits per heavy atom. The lowest BCUT2D eigenvalue weighted by Gasteiger charge is -2.32. The van der Waals surface area contributed by atoms with Crippen LogP contribution in [0.25, 0.3) is 0 Å². The highest BCUT2D eigenvalue weighted by atomic mass is 16.3. The zero-order valence-electron chi connectivity index (χ0n) is 9.28. The van der Waals surface area contributed by atoms with Crippen molar-refractivity contribution in [3.8, 4) is 0 Å². The van der Waals surface area contributed by atoms with Crippen molar-refractivity contribution >= 4 is 0 Å². The number of hydrogen-bond donors (Lipinski definition) is 1. The summed E-state index contributed by atoms with van der Waals surface area (Å²) in [6.07, 6.45) is 6.49. The maximum absolute atomic E-state index is 9.82. The van der Waals surface area contributed by atoms with Gasteiger partial charge in [-0.25, -0.2) is 0 Å². The number of nitrogens with zero attached hydrogens (tertiary/aromatic N) is 1.